The Kier molecular flexibility index (Phi) is 7.12. The Labute approximate surface area is 185 Å². The van der Waals surface area contributed by atoms with Crippen molar-refractivity contribution in [1.29, 1.82) is 0 Å². The Hall–Kier alpha value is -2.61. The lowest BCUT2D eigenvalue weighted by molar-refractivity contribution is -0.140. The van der Waals surface area contributed by atoms with E-state index in [1.165, 1.54) is 19.2 Å². The van der Waals surface area contributed by atoms with Gasteiger partial charge < -0.3 is 15.6 Å². The van der Waals surface area contributed by atoms with Crippen molar-refractivity contribution in [3.8, 4) is 0 Å². The van der Waals surface area contributed by atoms with Crippen LogP contribution >= 0.6 is 0 Å². The number of esters is 1. The van der Waals surface area contributed by atoms with Crippen molar-refractivity contribution < 1.29 is 32.6 Å². The molecule has 0 aromatic heterocycles. The van der Waals surface area contributed by atoms with Crippen molar-refractivity contribution in [2.24, 2.45) is 28.9 Å². The Morgan fingerprint density at radius 3 is 2.78 bits per heavy atom. The first-order valence-corrected chi connectivity index (χ1v) is 10.7. The second-order valence-electron chi connectivity index (χ2n) is 8.59. The molecule has 174 valence electrons. The topological polar surface area (TPSA) is 89.6 Å². The van der Waals surface area contributed by atoms with Gasteiger partial charge in [0.1, 0.15) is 0 Å². The first-order chi connectivity index (χ1) is 15.1. The van der Waals surface area contributed by atoms with E-state index in [2.05, 4.69) is 4.74 Å². The molecule has 8 heteroatoms. The number of carbonyl (C=O) groups is 2. The maximum atomic E-state index is 13.1. The quantitative estimate of drug-likeness (QED) is 0.332. The fourth-order valence-electron chi connectivity index (χ4n) is 5.02. The average molecular weight is 451 g/mol. The van der Waals surface area contributed by atoms with Gasteiger partial charge in [0, 0.05) is 6.42 Å². The third-order valence-corrected chi connectivity index (χ3v) is 6.70. The van der Waals surface area contributed by atoms with Crippen LogP contribution in [-0.2, 0) is 20.5 Å². The molecule has 5 atom stereocenters. The normalized spacial score (nSPS) is 27.7. The number of fused-ring (bicyclic) bond motifs is 2. The van der Waals surface area contributed by atoms with Gasteiger partial charge in [0.05, 0.1) is 24.2 Å². The van der Waals surface area contributed by atoms with E-state index in [1.807, 2.05) is 24.3 Å². The number of halogens is 3. The minimum Gasteiger partial charge on any atom is -0.469 e. The van der Waals surface area contributed by atoms with E-state index >= 15 is 0 Å². The third-order valence-electron chi connectivity index (χ3n) is 6.70. The number of hydrogen-bond acceptors (Lipinski definition) is 4. The van der Waals surface area contributed by atoms with Crippen LogP contribution in [0.3, 0.4) is 0 Å². The third kappa shape index (κ3) is 4.90. The average Bonchev–Trinajstić information content (AvgIpc) is 3.31. The number of methoxy groups -OCH3 is 1. The van der Waals surface area contributed by atoms with Crippen LogP contribution in [0, 0.1) is 23.2 Å². The Morgan fingerprint density at radius 2 is 2.12 bits per heavy atom. The van der Waals surface area contributed by atoms with Crippen LogP contribution in [0.5, 0.6) is 0 Å². The molecule has 1 aromatic carbocycles. The second-order valence-corrected chi connectivity index (χ2v) is 8.59. The van der Waals surface area contributed by atoms with Crippen molar-refractivity contribution in [2.75, 3.05) is 7.11 Å². The Balaban J connectivity index is 1.76. The summed E-state index contributed by atoms with van der Waals surface area (Å²) in [7, 11) is 1.33. The maximum absolute atomic E-state index is 13.1. The highest BCUT2D eigenvalue weighted by molar-refractivity contribution is 5.85. The molecule has 1 fully saturated rings. The van der Waals surface area contributed by atoms with Crippen LogP contribution in [0.1, 0.15) is 49.3 Å². The van der Waals surface area contributed by atoms with E-state index in [9.17, 15) is 27.9 Å². The van der Waals surface area contributed by atoms with E-state index in [0.717, 1.165) is 12.1 Å². The molecule has 1 aromatic rings. The first kappa shape index (κ1) is 24.0. The fourth-order valence-corrected chi connectivity index (χ4v) is 5.02. The predicted octanol–water partition coefficient (Wildman–Crippen LogP) is 4.32. The Morgan fingerprint density at radius 1 is 1.38 bits per heavy atom. The molecule has 3 rings (SSSR count). The van der Waals surface area contributed by atoms with E-state index in [1.54, 1.807) is 0 Å². The Bertz CT molecular complexity index is 911. The van der Waals surface area contributed by atoms with E-state index in [-0.39, 0.29) is 42.1 Å². The monoisotopic (exact) mass is 451 g/mol. The number of aliphatic hydroxyl groups is 1. The summed E-state index contributed by atoms with van der Waals surface area (Å²) in [4.78, 5) is 23.6. The minimum absolute atomic E-state index is 0.00710. The van der Waals surface area contributed by atoms with Crippen molar-refractivity contribution >= 4 is 11.9 Å². The summed E-state index contributed by atoms with van der Waals surface area (Å²) < 4.78 is 43.8. The van der Waals surface area contributed by atoms with Crippen molar-refractivity contribution in [1.82, 2.24) is 0 Å². The lowest BCUT2D eigenvalue weighted by atomic mass is 9.71. The van der Waals surface area contributed by atoms with Gasteiger partial charge in [0.2, 0.25) is 5.91 Å². The number of hydrogen-bond donors (Lipinski definition) is 2. The molecule has 5 unspecified atom stereocenters. The number of benzene rings is 1. The van der Waals surface area contributed by atoms with Crippen LogP contribution in [-0.4, -0.2) is 24.1 Å². The zero-order chi connectivity index (χ0) is 23.5. The van der Waals surface area contributed by atoms with Gasteiger partial charge in [0.15, 0.2) is 0 Å². The zero-order valence-electron chi connectivity index (χ0n) is 17.8. The van der Waals surface area contributed by atoms with Gasteiger partial charge in [-0.2, -0.15) is 13.2 Å². The lowest BCUT2D eigenvalue weighted by Gasteiger charge is -2.33. The number of amides is 1. The van der Waals surface area contributed by atoms with E-state index < -0.39 is 29.2 Å². The number of rotatable bonds is 9. The SMILES string of the molecule is COC(=O)CCCC=CC1C(CC(O)c2cccc(C(F)(F)F)c2)C2C=CC1(C(N)=O)C2. The molecule has 3 N–H and O–H groups in total. The van der Waals surface area contributed by atoms with Crippen molar-refractivity contribution in [3.05, 3.63) is 59.7 Å². The number of unbranched alkanes of at least 4 members (excludes halogenated alkanes) is 1. The van der Waals surface area contributed by atoms with E-state index in [4.69, 9.17) is 5.73 Å². The molecule has 2 bridgehead atoms. The van der Waals surface area contributed by atoms with Gasteiger partial charge in [-0.25, -0.2) is 0 Å². The summed E-state index contributed by atoms with van der Waals surface area (Å²) in [6.07, 6.45) is 4.20. The predicted molar refractivity (Wildman–Crippen MR) is 112 cm³/mol. The summed E-state index contributed by atoms with van der Waals surface area (Å²) in [5, 5.41) is 10.8. The molecule has 0 spiro atoms. The highest BCUT2D eigenvalue weighted by Crippen LogP contribution is 2.59. The number of aliphatic hydroxyl groups excluding tert-OH is 1. The lowest BCUT2D eigenvalue weighted by Crippen LogP contribution is -2.39. The van der Waals surface area contributed by atoms with Gasteiger partial charge in [-0.1, -0.05) is 36.4 Å². The van der Waals surface area contributed by atoms with Gasteiger partial charge in [-0.3, -0.25) is 9.59 Å². The molecule has 1 amide bonds. The van der Waals surface area contributed by atoms with Gasteiger partial charge >= 0.3 is 12.1 Å². The number of carbonyl (C=O) groups excluding carboxylic acids is 2. The summed E-state index contributed by atoms with van der Waals surface area (Å²) in [5.41, 5.74) is 4.28. The van der Waals surface area contributed by atoms with Crippen LogP contribution < -0.4 is 5.73 Å². The van der Waals surface area contributed by atoms with Crippen molar-refractivity contribution in [3.63, 3.8) is 0 Å². The van der Waals surface area contributed by atoms with Crippen LogP contribution in [0.4, 0.5) is 13.2 Å². The number of allylic oxidation sites excluding steroid dienone is 3. The molecule has 0 radical (unpaired) electrons. The summed E-state index contributed by atoms with van der Waals surface area (Å²) in [6, 6.07) is 4.70. The summed E-state index contributed by atoms with van der Waals surface area (Å²) in [6.45, 7) is 0. The molecule has 5 nitrogen and oxygen atoms in total. The second kappa shape index (κ2) is 9.48. The van der Waals surface area contributed by atoms with Crippen LogP contribution in [0.25, 0.3) is 0 Å². The fraction of sp³-hybridized carbons (Fsp3) is 0.500. The molecule has 2 aliphatic rings. The van der Waals surface area contributed by atoms with Gasteiger partial charge in [0.25, 0.3) is 0 Å². The smallest absolute Gasteiger partial charge is 0.416 e. The molecule has 0 aliphatic heterocycles. The molecule has 1 saturated carbocycles. The minimum atomic E-state index is -4.49. The largest absolute Gasteiger partial charge is 0.469 e. The zero-order valence-corrected chi connectivity index (χ0v) is 17.8. The van der Waals surface area contributed by atoms with Gasteiger partial charge in [-0.05, 0) is 61.1 Å². The van der Waals surface area contributed by atoms with Crippen LogP contribution in [0.15, 0.2) is 48.6 Å². The summed E-state index contributed by atoms with van der Waals surface area (Å²) in [5.74, 6) is -1.15. The standard InChI is InChI=1S/C24H28F3NO4/c1-32-21(30)9-4-2-3-8-19-18(16-10-11-23(19,14-16)22(28)31)13-20(29)15-6-5-7-17(12-15)24(25,26)27/h3,5-8,10-12,16,18-20,29H,2,4,9,13-14H2,1H3,(H2,28,31). The molecule has 0 saturated heterocycles. The molecule has 32 heavy (non-hydrogen) atoms. The number of primary amides is 1. The molecule has 2 aliphatic carbocycles. The van der Waals surface area contributed by atoms with Crippen molar-refractivity contribution in [2.45, 2.75) is 44.4 Å². The van der Waals surface area contributed by atoms with Crippen LogP contribution in [0.2, 0.25) is 0 Å². The number of ether oxygens (including phenoxy) is 1. The van der Waals surface area contributed by atoms with E-state index in [0.29, 0.717) is 19.3 Å². The molecular weight excluding hydrogens is 423 g/mol. The number of nitrogens with two attached hydrogens (primary N) is 1. The summed E-state index contributed by atoms with van der Waals surface area (Å²) >= 11 is 0. The molecular formula is C24H28F3NO4. The maximum Gasteiger partial charge on any atom is 0.416 e. The highest BCUT2D eigenvalue weighted by atomic mass is 19.4. The van der Waals surface area contributed by atoms with Gasteiger partial charge in [-0.15, -0.1) is 0 Å². The number of alkyl halides is 3. The highest BCUT2D eigenvalue weighted by Gasteiger charge is 2.57. The first-order valence-electron chi connectivity index (χ1n) is 10.7. The molecule has 0 heterocycles.